The van der Waals surface area contributed by atoms with Gasteiger partial charge < -0.3 is 19.8 Å². The first kappa shape index (κ1) is 26.0. The van der Waals surface area contributed by atoms with Gasteiger partial charge in [0, 0.05) is 23.1 Å². The van der Waals surface area contributed by atoms with Crippen molar-refractivity contribution in [2.75, 3.05) is 13.7 Å². The molecule has 1 unspecified atom stereocenters. The fourth-order valence-corrected chi connectivity index (χ4v) is 3.87. The maximum Gasteiger partial charge on any atom is 0.248 e. The molecule has 7 heteroatoms. The van der Waals surface area contributed by atoms with E-state index in [1.54, 1.807) is 25.3 Å². The molecule has 0 aliphatic heterocycles. The topological polar surface area (TPSA) is 80.4 Å². The number of H-pyrrole nitrogens is 1. The number of benzene rings is 3. The zero-order valence-electron chi connectivity index (χ0n) is 19.7. The summed E-state index contributed by atoms with van der Waals surface area (Å²) < 4.78 is 11.2. The van der Waals surface area contributed by atoms with Crippen LogP contribution in [0.25, 0.3) is 10.9 Å². The maximum atomic E-state index is 13.1. The Hall–Kier alpha value is -3.61. The van der Waals surface area contributed by atoms with Gasteiger partial charge in [-0.2, -0.15) is 0 Å². The van der Waals surface area contributed by atoms with Gasteiger partial charge in [0.1, 0.15) is 18.1 Å². The second-order valence-electron chi connectivity index (χ2n) is 8.25. The van der Waals surface area contributed by atoms with E-state index in [4.69, 9.17) is 9.47 Å². The molecule has 3 aromatic carbocycles. The van der Waals surface area contributed by atoms with Gasteiger partial charge in [-0.15, -0.1) is 12.4 Å². The molecule has 0 fully saturated rings. The van der Waals surface area contributed by atoms with Gasteiger partial charge in [-0.1, -0.05) is 42.5 Å². The van der Waals surface area contributed by atoms with Crippen molar-refractivity contribution in [1.29, 1.82) is 0 Å². The fourth-order valence-electron chi connectivity index (χ4n) is 3.87. The van der Waals surface area contributed by atoms with Gasteiger partial charge in [-0.25, -0.2) is 0 Å². The van der Waals surface area contributed by atoms with Gasteiger partial charge >= 0.3 is 0 Å². The Balaban J connectivity index is 0.00000342. The standard InChI is InChI=1S/C28H28N2O4.ClH/c1-19(16-20-8-10-22(33-2)11-9-20)29-17-25(31)23-12-14-26(28-24(23)13-15-27(32)30-28)34-18-21-6-4-3-5-7-21;/h3-15,19,29H,16-18H2,1-2H3,(H,30,32);1H. The largest absolute Gasteiger partial charge is 0.497 e. The minimum Gasteiger partial charge on any atom is -0.497 e. The molecule has 2 N–H and O–H groups in total. The third kappa shape index (κ3) is 6.72. The summed E-state index contributed by atoms with van der Waals surface area (Å²) in [6.07, 6.45) is 0.789. The van der Waals surface area contributed by atoms with Crippen LogP contribution in [0, 0.1) is 0 Å². The number of hydrogen-bond donors (Lipinski definition) is 2. The summed E-state index contributed by atoms with van der Waals surface area (Å²) >= 11 is 0. The normalized spacial score (nSPS) is 11.5. The molecule has 6 nitrogen and oxygen atoms in total. The molecular weight excluding hydrogens is 464 g/mol. The van der Waals surface area contributed by atoms with E-state index in [1.165, 1.54) is 6.07 Å². The van der Waals surface area contributed by atoms with E-state index in [9.17, 15) is 9.59 Å². The first-order valence-corrected chi connectivity index (χ1v) is 11.3. The number of Topliss-reactive ketones (excluding diaryl/α,β-unsaturated/α-hetero) is 1. The summed E-state index contributed by atoms with van der Waals surface area (Å²) in [5.41, 5.74) is 3.01. The number of methoxy groups -OCH3 is 1. The lowest BCUT2D eigenvalue weighted by Crippen LogP contribution is -2.33. The van der Waals surface area contributed by atoms with Gasteiger partial charge in [0.15, 0.2) is 5.78 Å². The number of rotatable bonds is 10. The van der Waals surface area contributed by atoms with E-state index in [0.717, 1.165) is 23.3 Å². The molecule has 4 aromatic rings. The Kier molecular flexibility index (Phi) is 9.06. The lowest BCUT2D eigenvalue weighted by Gasteiger charge is -2.15. The maximum absolute atomic E-state index is 13.1. The molecule has 0 amide bonds. The lowest BCUT2D eigenvalue weighted by atomic mass is 10.0. The van der Waals surface area contributed by atoms with Crippen LogP contribution in [-0.2, 0) is 13.0 Å². The molecule has 0 saturated heterocycles. The van der Waals surface area contributed by atoms with E-state index >= 15 is 0 Å². The van der Waals surface area contributed by atoms with E-state index in [2.05, 4.69) is 10.3 Å². The molecule has 0 spiro atoms. The third-order valence-electron chi connectivity index (χ3n) is 5.71. The monoisotopic (exact) mass is 492 g/mol. The molecule has 1 heterocycles. The van der Waals surface area contributed by atoms with Crippen molar-refractivity contribution in [3.8, 4) is 11.5 Å². The van der Waals surface area contributed by atoms with Crippen LogP contribution in [0.1, 0.15) is 28.4 Å². The molecule has 4 rings (SSSR count). The number of fused-ring (bicyclic) bond motifs is 1. The van der Waals surface area contributed by atoms with Crippen molar-refractivity contribution in [3.05, 3.63) is 106 Å². The molecular formula is C28H29ClN2O4. The summed E-state index contributed by atoms with van der Waals surface area (Å²) in [6, 6.07) is 24.4. The highest BCUT2D eigenvalue weighted by Gasteiger charge is 2.15. The van der Waals surface area contributed by atoms with Gasteiger partial charge in [-0.05, 0) is 54.8 Å². The first-order valence-electron chi connectivity index (χ1n) is 11.3. The fraction of sp³-hybridized carbons (Fsp3) is 0.214. The molecule has 1 atom stereocenters. The van der Waals surface area contributed by atoms with Gasteiger partial charge in [0.25, 0.3) is 0 Å². The van der Waals surface area contributed by atoms with Gasteiger partial charge in [-0.3, -0.25) is 9.59 Å². The summed E-state index contributed by atoms with van der Waals surface area (Å²) in [6.45, 7) is 2.61. The Bertz CT molecular complexity index is 1320. The SMILES string of the molecule is COc1ccc(CC(C)NCC(=O)c2ccc(OCc3ccccc3)c3[nH]c(=O)ccc23)cc1.Cl. The number of ether oxygens (including phenoxy) is 2. The molecule has 0 bridgehead atoms. The second kappa shape index (κ2) is 12.2. The van der Waals surface area contributed by atoms with Crippen LogP contribution in [0.3, 0.4) is 0 Å². The van der Waals surface area contributed by atoms with Gasteiger partial charge in [0.05, 0.1) is 19.2 Å². The third-order valence-corrected chi connectivity index (χ3v) is 5.71. The van der Waals surface area contributed by atoms with Crippen molar-refractivity contribution in [2.45, 2.75) is 26.0 Å². The number of aromatic amines is 1. The van der Waals surface area contributed by atoms with E-state index < -0.39 is 0 Å². The van der Waals surface area contributed by atoms with Crippen molar-refractivity contribution in [2.24, 2.45) is 0 Å². The van der Waals surface area contributed by atoms with Crippen LogP contribution in [0.5, 0.6) is 11.5 Å². The lowest BCUT2D eigenvalue weighted by molar-refractivity contribution is 0.0989. The molecule has 1 aromatic heterocycles. The summed E-state index contributed by atoms with van der Waals surface area (Å²) in [7, 11) is 1.64. The van der Waals surface area contributed by atoms with E-state index in [0.29, 0.717) is 28.8 Å². The number of carbonyl (C=O) groups excluding carboxylic acids is 1. The predicted molar refractivity (Wildman–Crippen MR) is 141 cm³/mol. The average molecular weight is 493 g/mol. The molecule has 0 radical (unpaired) electrons. The van der Waals surface area contributed by atoms with Crippen molar-refractivity contribution >= 4 is 29.1 Å². The van der Waals surface area contributed by atoms with Crippen molar-refractivity contribution < 1.29 is 14.3 Å². The Morgan fingerprint density at radius 1 is 0.943 bits per heavy atom. The minimum absolute atomic E-state index is 0. The van der Waals surface area contributed by atoms with Crippen LogP contribution < -0.4 is 20.3 Å². The highest BCUT2D eigenvalue weighted by atomic mass is 35.5. The zero-order chi connectivity index (χ0) is 23.9. The molecule has 35 heavy (non-hydrogen) atoms. The molecule has 0 saturated carbocycles. The summed E-state index contributed by atoms with van der Waals surface area (Å²) in [5, 5.41) is 3.98. The van der Waals surface area contributed by atoms with Crippen LogP contribution in [0.4, 0.5) is 0 Å². The number of nitrogens with one attached hydrogen (secondary N) is 2. The highest BCUT2D eigenvalue weighted by molar-refractivity contribution is 6.09. The smallest absolute Gasteiger partial charge is 0.248 e. The highest BCUT2D eigenvalue weighted by Crippen LogP contribution is 2.27. The van der Waals surface area contributed by atoms with Crippen LogP contribution in [0.2, 0.25) is 0 Å². The number of aromatic nitrogens is 1. The number of ketones is 1. The number of carbonyl (C=O) groups is 1. The van der Waals surface area contributed by atoms with Crippen molar-refractivity contribution in [3.63, 3.8) is 0 Å². The molecule has 182 valence electrons. The van der Waals surface area contributed by atoms with Crippen LogP contribution in [0.15, 0.2) is 83.7 Å². The minimum atomic E-state index is -0.243. The summed E-state index contributed by atoms with van der Waals surface area (Å²) in [4.78, 5) is 27.9. The number of halogens is 1. The van der Waals surface area contributed by atoms with Gasteiger partial charge in [0.2, 0.25) is 5.56 Å². The first-order chi connectivity index (χ1) is 16.5. The van der Waals surface area contributed by atoms with E-state index in [-0.39, 0.29) is 36.3 Å². The predicted octanol–water partition coefficient (Wildman–Crippen LogP) is 4.94. The average Bonchev–Trinajstić information content (AvgIpc) is 2.87. The number of hydrogen-bond acceptors (Lipinski definition) is 5. The van der Waals surface area contributed by atoms with Crippen molar-refractivity contribution in [1.82, 2.24) is 10.3 Å². The van der Waals surface area contributed by atoms with Crippen LogP contribution in [-0.4, -0.2) is 30.5 Å². The summed E-state index contributed by atoms with van der Waals surface area (Å²) in [5.74, 6) is 1.31. The second-order valence-corrected chi connectivity index (χ2v) is 8.25. The Labute approximate surface area is 210 Å². The van der Waals surface area contributed by atoms with E-state index in [1.807, 2.05) is 61.5 Å². The quantitative estimate of drug-likeness (QED) is 0.306. The Morgan fingerprint density at radius 3 is 2.40 bits per heavy atom. The number of pyridine rings is 1. The molecule has 0 aliphatic carbocycles. The zero-order valence-corrected chi connectivity index (χ0v) is 20.6. The van der Waals surface area contributed by atoms with Crippen LogP contribution >= 0.6 is 12.4 Å². The molecule has 0 aliphatic rings. The Morgan fingerprint density at radius 2 is 1.69 bits per heavy atom.